The van der Waals surface area contributed by atoms with E-state index in [0.29, 0.717) is 6.54 Å². The number of hydrogen-bond donors (Lipinski definition) is 2. The highest BCUT2D eigenvalue weighted by molar-refractivity contribution is 5.74. The van der Waals surface area contributed by atoms with Crippen LogP contribution in [0.1, 0.15) is 36.8 Å². The summed E-state index contributed by atoms with van der Waals surface area (Å²) in [6.07, 6.45) is 4.70. The first-order valence-electron chi connectivity index (χ1n) is 10.7. The Balaban J connectivity index is 1.34. The quantitative estimate of drug-likeness (QED) is 0.826. The van der Waals surface area contributed by atoms with Crippen LogP contribution in [0.5, 0.6) is 5.75 Å². The molecule has 2 saturated heterocycles. The topological polar surface area (TPSA) is 55.8 Å². The molecule has 0 aliphatic carbocycles. The van der Waals surface area contributed by atoms with Gasteiger partial charge in [0, 0.05) is 38.1 Å². The van der Waals surface area contributed by atoms with Crippen LogP contribution in [0, 0.1) is 5.41 Å². The van der Waals surface area contributed by atoms with Crippen molar-refractivity contribution < 1.29 is 9.90 Å². The van der Waals surface area contributed by atoms with E-state index >= 15 is 0 Å². The second kappa shape index (κ2) is 8.87. The monoisotopic (exact) mass is 393 g/mol. The van der Waals surface area contributed by atoms with Crippen molar-refractivity contribution in [3.8, 4) is 5.75 Å². The minimum Gasteiger partial charge on any atom is -0.508 e. The van der Waals surface area contributed by atoms with Gasteiger partial charge in [-0.05, 0) is 55.5 Å². The molecule has 2 aliphatic rings. The lowest BCUT2D eigenvalue weighted by molar-refractivity contribution is 0.0234. The number of benzene rings is 2. The standard InChI is InChI=1S/C24H31N3O2/c28-22-10-8-20(9-11-22)16-25-23(29)27-15-5-13-24(19-27)12-4-14-26(18-24)17-21-6-2-1-3-7-21/h1-3,6-11,28H,4-5,12-19H2,(H,25,29)/t24-/m1/s1. The summed E-state index contributed by atoms with van der Waals surface area (Å²) in [6.45, 7) is 5.38. The number of likely N-dealkylation sites (tertiary alicyclic amines) is 2. The third-order valence-corrected chi connectivity index (χ3v) is 6.32. The first-order valence-corrected chi connectivity index (χ1v) is 10.7. The minimum absolute atomic E-state index is 0.0253. The number of urea groups is 1. The van der Waals surface area contributed by atoms with E-state index < -0.39 is 0 Å². The Bertz CT molecular complexity index is 805. The van der Waals surface area contributed by atoms with E-state index in [-0.39, 0.29) is 17.2 Å². The number of piperidine rings is 2. The first kappa shape index (κ1) is 19.8. The zero-order valence-electron chi connectivity index (χ0n) is 17.0. The maximum atomic E-state index is 12.8. The molecule has 1 spiro atoms. The van der Waals surface area contributed by atoms with Crippen LogP contribution in [0.25, 0.3) is 0 Å². The molecule has 154 valence electrons. The molecule has 5 heteroatoms. The Kier molecular flexibility index (Phi) is 6.05. The number of aromatic hydroxyl groups is 1. The normalized spacial score (nSPS) is 22.6. The molecule has 5 nitrogen and oxygen atoms in total. The molecule has 0 saturated carbocycles. The van der Waals surface area contributed by atoms with Gasteiger partial charge in [-0.25, -0.2) is 4.79 Å². The Morgan fingerprint density at radius 1 is 0.931 bits per heavy atom. The van der Waals surface area contributed by atoms with Crippen LogP contribution in [0.3, 0.4) is 0 Å². The van der Waals surface area contributed by atoms with Crippen molar-refractivity contribution >= 4 is 6.03 Å². The fraction of sp³-hybridized carbons (Fsp3) is 0.458. The molecule has 0 aromatic heterocycles. The summed E-state index contributed by atoms with van der Waals surface area (Å²) in [5, 5.41) is 12.4. The number of nitrogens with zero attached hydrogens (tertiary/aromatic N) is 2. The third-order valence-electron chi connectivity index (χ3n) is 6.32. The van der Waals surface area contributed by atoms with Crippen molar-refractivity contribution in [2.45, 2.75) is 38.8 Å². The van der Waals surface area contributed by atoms with Gasteiger partial charge in [-0.3, -0.25) is 4.90 Å². The van der Waals surface area contributed by atoms with E-state index in [9.17, 15) is 9.90 Å². The smallest absolute Gasteiger partial charge is 0.317 e. The van der Waals surface area contributed by atoms with Gasteiger partial charge in [0.15, 0.2) is 0 Å². The number of rotatable bonds is 4. The lowest BCUT2D eigenvalue weighted by Gasteiger charge is -2.48. The van der Waals surface area contributed by atoms with Gasteiger partial charge in [0.25, 0.3) is 0 Å². The SMILES string of the molecule is O=C(NCc1ccc(O)cc1)N1CCC[C@@]2(CCCN(Cc3ccccc3)C2)C1. The lowest BCUT2D eigenvalue weighted by atomic mass is 9.73. The van der Waals surface area contributed by atoms with Gasteiger partial charge in [0.1, 0.15) is 5.75 Å². The van der Waals surface area contributed by atoms with Crippen LogP contribution in [-0.4, -0.2) is 47.1 Å². The molecule has 29 heavy (non-hydrogen) atoms. The van der Waals surface area contributed by atoms with Gasteiger partial charge in [0.05, 0.1) is 0 Å². The van der Waals surface area contributed by atoms with Crippen molar-refractivity contribution in [1.29, 1.82) is 0 Å². The summed E-state index contributed by atoms with van der Waals surface area (Å²) in [7, 11) is 0. The fourth-order valence-electron chi connectivity index (χ4n) is 4.90. The maximum absolute atomic E-state index is 12.8. The summed E-state index contributed by atoms with van der Waals surface area (Å²) in [6, 6.07) is 17.7. The Morgan fingerprint density at radius 2 is 1.66 bits per heavy atom. The van der Waals surface area contributed by atoms with Gasteiger partial charge >= 0.3 is 6.03 Å². The number of phenolic OH excluding ortho intramolecular Hbond substituents is 1. The Hall–Kier alpha value is -2.53. The van der Waals surface area contributed by atoms with Crippen molar-refractivity contribution in [2.24, 2.45) is 5.41 Å². The number of hydrogen-bond acceptors (Lipinski definition) is 3. The average Bonchev–Trinajstić information content (AvgIpc) is 2.74. The van der Waals surface area contributed by atoms with Crippen LogP contribution in [-0.2, 0) is 13.1 Å². The molecule has 2 aromatic rings. The Labute approximate surface area is 173 Å². The molecule has 2 aromatic carbocycles. The van der Waals surface area contributed by atoms with Crippen LogP contribution in [0.15, 0.2) is 54.6 Å². The van der Waals surface area contributed by atoms with Gasteiger partial charge in [-0.1, -0.05) is 42.5 Å². The van der Waals surface area contributed by atoms with Gasteiger partial charge in [-0.15, -0.1) is 0 Å². The average molecular weight is 394 g/mol. The van der Waals surface area contributed by atoms with E-state index in [4.69, 9.17) is 0 Å². The number of phenols is 1. The fourth-order valence-corrected chi connectivity index (χ4v) is 4.90. The van der Waals surface area contributed by atoms with Crippen LogP contribution < -0.4 is 5.32 Å². The highest BCUT2D eigenvalue weighted by Gasteiger charge is 2.40. The predicted octanol–water partition coefficient (Wildman–Crippen LogP) is 3.98. The van der Waals surface area contributed by atoms with Crippen LogP contribution in [0.4, 0.5) is 4.79 Å². The highest BCUT2D eigenvalue weighted by Crippen LogP contribution is 2.38. The second-order valence-electron chi connectivity index (χ2n) is 8.65. The molecule has 0 unspecified atom stereocenters. The summed E-state index contributed by atoms with van der Waals surface area (Å²) >= 11 is 0. The summed E-state index contributed by atoms with van der Waals surface area (Å²) in [4.78, 5) is 17.4. The molecule has 2 heterocycles. The van der Waals surface area contributed by atoms with Gasteiger partial charge in [0.2, 0.25) is 0 Å². The van der Waals surface area contributed by atoms with E-state index in [2.05, 4.69) is 40.5 Å². The number of nitrogens with one attached hydrogen (secondary N) is 1. The summed E-state index contributed by atoms with van der Waals surface area (Å²) in [5.74, 6) is 0.246. The number of amides is 2. The largest absolute Gasteiger partial charge is 0.508 e. The maximum Gasteiger partial charge on any atom is 0.317 e. The van der Waals surface area contributed by atoms with Crippen LogP contribution >= 0.6 is 0 Å². The molecule has 0 radical (unpaired) electrons. The number of carbonyl (C=O) groups is 1. The second-order valence-corrected chi connectivity index (χ2v) is 8.65. The molecule has 1 atom stereocenters. The van der Waals surface area contributed by atoms with Crippen molar-refractivity contribution in [1.82, 2.24) is 15.1 Å². The molecular weight excluding hydrogens is 362 g/mol. The van der Waals surface area contributed by atoms with E-state index in [0.717, 1.165) is 44.7 Å². The van der Waals surface area contributed by atoms with Gasteiger partial charge < -0.3 is 15.3 Å². The number of carbonyl (C=O) groups excluding carboxylic acids is 1. The van der Waals surface area contributed by atoms with Crippen molar-refractivity contribution in [3.63, 3.8) is 0 Å². The lowest BCUT2D eigenvalue weighted by Crippen LogP contribution is -2.55. The van der Waals surface area contributed by atoms with Gasteiger partial charge in [-0.2, -0.15) is 0 Å². The molecule has 4 rings (SSSR count). The van der Waals surface area contributed by atoms with E-state index in [1.165, 1.54) is 24.8 Å². The first-order chi connectivity index (χ1) is 14.1. The van der Waals surface area contributed by atoms with Crippen molar-refractivity contribution in [3.05, 3.63) is 65.7 Å². The summed E-state index contributed by atoms with van der Waals surface area (Å²) < 4.78 is 0. The van der Waals surface area contributed by atoms with E-state index in [1.54, 1.807) is 12.1 Å². The minimum atomic E-state index is 0.0253. The molecular formula is C24H31N3O2. The molecule has 2 amide bonds. The highest BCUT2D eigenvalue weighted by atomic mass is 16.3. The predicted molar refractivity (Wildman–Crippen MR) is 115 cm³/mol. The van der Waals surface area contributed by atoms with E-state index in [1.807, 2.05) is 17.0 Å². The summed E-state index contributed by atoms with van der Waals surface area (Å²) in [5.41, 5.74) is 2.58. The van der Waals surface area contributed by atoms with Crippen LogP contribution in [0.2, 0.25) is 0 Å². The zero-order chi connectivity index (χ0) is 20.1. The molecule has 0 bridgehead atoms. The van der Waals surface area contributed by atoms with Crippen molar-refractivity contribution in [2.75, 3.05) is 26.2 Å². The molecule has 2 fully saturated rings. The molecule has 2 N–H and O–H groups in total. The molecule has 2 aliphatic heterocycles. The third kappa shape index (κ3) is 5.10. The Morgan fingerprint density at radius 3 is 2.41 bits per heavy atom. The zero-order valence-corrected chi connectivity index (χ0v) is 17.0.